The van der Waals surface area contributed by atoms with Crippen LogP contribution in [0.2, 0.25) is 0 Å². The molecule has 2 rings (SSSR count). The summed E-state index contributed by atoms with van der Waals surface area (Å²) < 4.78 is 33.2. The van der Waals surface area contributed by atoms with E-state index in [0.717, 1.165) is 25.8 Å². The molecule has 0 amide bonds. The van der Waals surface area contributed by atoms with E-state index in [0.29, 0.717) is 24.6 Å². The van der Waals surface area contributed by atoms with Gasteiger partial charge < -0.3 is 9.73 Å². The Morgan fingerprint density at radius 3 is 2.57 bits per heavy atom. The van der Waals surface area contributed by atoms with E-state index in [1.165, 1.54) is 6.42 Å². The molecule has 21 heavy (non-hydrogen) atoms. The summed E-state index contributed by atoms with van der Waals surface area (Å²) in [6, 6.07) is 1.62. The quantitative estimate of drug-likeness (QED) is 0.773. The summed E-state index contributed by atoms with van der Waals surface area (Å²) in [5.41, 5.74) is 0.164. The van der Waals surface area contributed by atoms with E-state index < -0.39 is 10.0 Å². The minimum Gasteiger partial charge on any atom is -0.464 e. The Kier molecular flexibility index (Phi) is 5.11. The predicted octanol–water partition coefficient (Wildman–Crippen LogP) is 2.56. The zero-order valence-electron chi connectivity index (χ0n) is 13.2. The molecular weight excluding hydrogens is 288 g/mol. The summed E-state index contributed by atoms with van der Waals surface area (Å²) in [6.07, 6.45) is 4.45. The van der Waals surface area contributed by atoms with Crippen LogP contribution in [0.25, 0.3) is 0 Å². The van der Waals surface area contributed by atoms with Gasteiger partial charge in [0.1, 0.15) is 16.4 Å². The minimum absolute atomic E-state index is 0.164. The standard InChI is InChI=1S/C15H26N2O3S/c1-4-15(7-6-8-15)11-17-21(18,19)14-9-13(10-16-5-2)20-12(14)3/h9,16-17H,4-8,10-11H2,1-3H3. The Balaban J connectivity index is 2.06. The second kappa shape index (κ2) is 6.50. The SMILES string of the molecule is CCNCc1cc(S(=O)(=O)NCC2(CC)CCC2)c(C)o1. The average molecular weight is 314 g/mol. The third-order valence-electron chi connectivity index (χ3n) is 4.56. The van der Waals surface area contributed by atoms with Gasteiger partial charge >= 0.3 is 0 Å². The van der Waals surface area contributed by atoms with Crippen LogP contribution in [-0.2, 0) is 16.6 Å². The zero-order valence-corrected chi connectivity index (χ0v) is 14.0. The first-order valence-corrected chi connectivity index (χ1v) is 9.20. The molecule has 2 N–H and O–H groups in total. The summed E-state index contributed by atoms with van der Waals surface area (Å²) in [6.45, 7) is 7.72. The van der Waals surface area contributed by atoms with E-state index in [-0.39, 0.29) is 10.3 Å². The summed E-state index contributed by atoms with van der Waals surface area (Å²) >= 11 is 0. The van der Waals surface area contributed by atoms with Crippen molar-refractivity contribution in [2.45, 2.75) is 57.9 Å². The molecule has 0 aliphatic heterocycles. The number of aryl methyl sites for hydroxylation is 1. The van der Waals surface area contributed by atoms with E-state index >= 15 is 0 Å². The Bertz CT molecular complexity index is 568. The molecular formula is C15H26N2O3S. The van der Waals surface area contributed by atoms with Gasteiger partial charge in [-0.05, 0) is 38.1 Å². The normalized spacial score (nSPS) is 17.7. The van der Waals surface area contributed by atoms with Crippen LogP contribution >= 0.6 is 0 Å². The van der Waals surface area contributed by atoms with Crippen LogP contribution in [0.4, 0.5) is 0 Å². The smallest absolute Gasteiger partial charge is 0.244 e. The lowest BCUT2D eigenvalue weighted by Crippen LogP contribution is -2.41. The second-order valence-electron chi connectivity index (χ2n) is 5.95. The molecule has 0 atom stereocenters. The van der Waals surface area contributed by atoms with E-state index in [2.05, 4.69) is 17.0 Å². The van der Waals surface area contributed by atoms with Gasteiger partial charge in [-0.25, -0.2) is 13.1 Å². The van der Waals surface area contributed by atoms with E-state index in [4.69, 9.17) is 4.42 Å². The molecule has 0 aromatic carbocycles. The fraction of sp³-hybridized carbons (Fsp3) is 0.733. The lowest BCUT2D eigenvalue weighted by Gasteiger charge is -2.41. The van der Waals surface area contributed by atoms with Gasteiger partial charge in [-0.1, -0.05) is 20.3 Å². The van der Waals surface area contributed by atoms with Crippen molar-refractivity contribution in [3.05, 3.63) is 17.6 Å². The molecule has 0 radical (unpaired) electrons. The van der Waals surface area contributed by atoms with Gasteiger partial charge in [-0.3, -0.25) is 0 Å². The summed E-state index contributed by atoms with van der Waals surface area (Å²) in [4.78, 5) is 0.265. The third-order valence-corrected chi connectivity index (χ3v) is 6.07. The summed E-state index contributed by atoms with van der Waals surface area (Å²) in [5, 5.41) is 3.13. The monoisotopic (exact) mass is 314 g/mol. The number of hydrogen-bond donors (Lipinski definition) is 2. The lowest BCUT2D eigenvalue weighted by atomic mass is 9.67. The minimum atomic E-state index is -3.49. The number of hydrogen-bond acceptors (Lipinski definition) is 4. The predicted molar refractivity (Wildman–Crippen MR) is 82.6 cm³/mol. The summed E-state index contributed by atoms with van der Waals surface area (Å²) in [7, 11) is -3.49. The van der Waals surface area contributed by atoms with E-state index in [1.807, 2.05) is 6.92 Å². The van der Waals surface area contributed by atoms with Gasteiger partial charge in [-0.15, -0.1) is 0 Å². The van der Waals surface area contributed by atoms with Gasteiger partial charge in [-0.2, -0.15) is 0 Å². The van der Waals surface area contributed by atoms with E-state index in [1.54, 1.807) is 13.0 Å². The Hall–Kier alpha value is -0.850. The van der Waals surface area contributed by atoms with Gasteiger partial charge in [0.25, 0.3) is 0 Å². The van der Waals surface area contributed by atoms with Gasteiger partial charge in [0, 0.05) is 12.6 Å². The first-order chi connectivity index (χ1) is 9.92. The van der Waals surface area contributed by atoms with Crippen LogP contribution in [0.15, 0.2) is 15.4 Å². The maximum Gasteiger partial charge on any atom is 0.244 e. The Morgan fingerprint density at radius 2 is 2.05 bits per heavy atom. The molecule has 0 bridgehead atoms. The van der Waals surface area contributed by atoms with Crippen LogP contribution in [0.3, 0.4) is 0 Å². The second-order valence-corrected chi connectivity index (χ2v) is 7.68. The molecule has 1 aromatic rings. The molecule has 1 aromatic heterocycles. The number of rotatable bonds is 8. The number of furan rings is 1. The first-order valence-electron chi connectivity index (χ1n) is 7.72. The van der Waals surface area contributed by atoms with Gasteiger partial charge in [0.15, 0.2) is 0 Å². The van der Waals surface area contributed by atoms with Crippen molar-refractivity contribution in [3.63, 3.8) is 0 Å². The highest BCUT2D eigenvalue weighted by Gasteiger charge is 2.36. The van der Waals surface area contributed by atoms with Crippen molar-refractivity contribution in [2.75, 3.05) is 13.1 Å². The highest BCUT2D eigenvalue weighted by Crippen LogP contribution is 2.43. The zero-order chi connectivity index (χ0) is 15.5. The topological polar surface area (TPSA) is 71.3 Å². The number of nitrogens with one attached hydrogen (secondary N) is 2. The van der Waals surface area contributed by atoms with Crippen molar-refractivity contribution in [3.8, 4) is 0 Å². The average Bonchev–Trinajstić information content (AvgIpc) is 2.77. The largest absolute Gasteiger partial charge is 0.464 e. The Labute approximate surface area is 127 Å². The number of sulfonamides is 1. The van der Waals surface area contributed by atoms with Crippen molar-refractivity contribution in [2.24, 2.45) is 5.41 Å². The molecule has 0 unspecified atom stereocenters. The van der Waals surface area contributed by atoms with E-state index in [9.17, 15) is 8.42 Å². The maximum atomic E-state index is 12.5. The maximum absolute atomic E-state index is 12.5. The van der Waals surface area contributed by atoms with Crippen LogP contribution in [0, 0.1) is 12.3 Å². The molecule has 1 aliphatic rings. The molecule has 1 heterocycles. The van der Waals surface area contributed by atoms with Crippen LogP contribution in [-0.4, -0.2) is 21.5 Å². The van der Waals surface area contributed by atoms with Crippen LogP contribution < -0.4 is 10.0 Å². The van der Waals surface area contributed by atoms with Crippen molar-refractivity contribution in [1.82, 2.24) is 10.0 Å². The molecule has 1 aliphatic carbocycles. The van der Waals surface area contributed by atoms with Gasteiger partial charge in [0.2, 0.25) is 10.0 Å². The fourth-order valence-corrected chi connectivity index (χ4v) is 4.14. The molecule has 1 fully saturated rings. The highest BCUT2D eigenvalue weighted by molar-refractivity contribution is 7.89. The van der Waals surface area contributed by atoms with Crippen molar-refractivity contribution < 1.29 is 12.8 Å². The van der Waals surface area contributed by atoms with Gasteiger partial charge in [0.05, 0.1) is 6.54 Å². The molecule has 0 saturated heterocycles. The van der Waals surface area contributed by atoms with Crippen molar-refractivity contribution >= 4 is 10.0 Å². The molecule has 5 nitrogen and oxygen atoms in total. The first kappa shape index (κ1) is 16.5. The van der Waals surface area contributed by atoms with Crippen LogP contribution in [0.1, 0.15) is 51.1 Å². The third kappa shape index (κ3) is 3.67. The molecule has 6 heteroatoms. The fourth-order valence-electron chi connectivity index (χ4n) is 2.78. The van der Waals surface area contributed by atoms with Crippen LogP contribution in [0.5, 0.6) is 0 Å². The van der Waals surface area contributed by atoms with Crippen molar-refractivity contribution in [1.29, 1.82) is 0 Å². The highest BCUT2D eigenvalue weighted by atomic mass is 32.2. The molecule has 0 spiro atoms. The lowest BCUT2D eigenvalue weighted by molar-refractivity contribution is 0.133. The summed E-state index contributed by atoms with van der Waals surface area (Å²) in [5.74, 6) is 1.11. The molecule has 120 valence electrons. The Morgan fingerprint density at radius 1 is 1.33 bits per heavy atom. The molecule has 1 saturated carbocycles.